The van der Waals surface area contributed by atoms with Gasteiger partial charge in [-0.05, 0) is 42.5 Å². The summed E-state index contributed by atoms with van der Waals surface area (Å²) in [6.45, 7) is 4.03. The molecule has 0 bridgehead atoms. The Hall–Kier alpha value is -3.97. The van der Waals surface area contributed by atoms with Crippen LogP contribution in [0.15, 0.2) is 79.3 Å². The van der Waals surface area contributed by atoms with Crippen molar-refractivity contribution in [3.8, 4) is 5.69 Å². The molecule has 1 fully saturated rings. The lowest BCUT2D eigenvalue weighted by Crippen LogP contribution is -2.43. The third-order valence-electron chi connectivity index (χ3n) is 5.88. The fraction of sp³-hybridized carbons (Fsp3) is 0.160. The summed E-state index contributed by atoms with van der Waals surface area (Å²) in [5, 5.41) is 7.83. The first-order chi connectivity index (χ1) is 15.9. The highest BCUT2D eigenvalue weighted by atomic mass is 15.2. The Balaban J connectivity index is 1.37. The number of aromatic nitrogens is 4. The molecule has 0 spiro atoms. The summed E-state index contributed by atoms with van der Waals surface area (Å²) in [5.41, 5.74) is 5.94. The van der Waals surface area contributed by atoms with E-state index in [0.29, 0.717) is 0 Å². The minimum Gasteiger partial charge on any atom is -0.368 e. The van der Waals surface area contributed by atoms with Crippen molar-refractivity contribution in [2.24, 2.45) is 0 Å². The zero-order chi connectivity index (χ0) is 21.3. The number of para-hydroxylation sites is 1. The fourth-order valence-electron chi connectivity index (χ4n) is 4.33. The second kappa shape index (κ2) is 7.94. The molecule has 1 saturated heterocycles. The molecular weight excluding hydrogens is 398 g/mol. The van der Waals surface area contributed by atoms with Gasteiger partial charge in [-0.25, -0.2) is 9.97 Å². The Morgan fingerprint density at radius 2 is 1.69 bits per heavy atom. The highest BCUT2D eigenvalue weighted by Crippen LogP contribution is 2.31. The van der Waals surface area contributed by atoms with Crippen LogP contribution in [0.4, 0.5) is 17.2 Å². The zero-order valence-corrected chi connectivity index (χ0v) is 17.6. The van der Waals surface area contributed by atoms with Crippen LogP contribution in [0.1, 0.15) is 0 Å². The number of nitrogens with one attached hydrogen (secondary N) is 2. The number of hydrogen-bond acceptors (Lipinski definition) is 6. The lowest BCUT2D eigenvalue weighted by atomic mass is 10.2. The number of benzene rings is 1. The molecule has 0 amide bonds. The Labute approximate surface area is 185 Å². The molecule has 2 N–H and O–H groups in total. The van der Waals surface area contributed by atoms with Crippen LogP contribution in [-0.4, -0.2) is 45.7 Å². The van der Waals surface area contributed by atoms with Crippen LogP contribution in [0.3, 0.4) is 0 Å². The number of piperazine rings is 1. The SMILES string of the molecule is c1ccc(-n2c3cc(Nc4ccc(N5CCNCC5)cn4)cnc3c3cccnc32)cc1. The van der Waals surface area contributed by atoms with Crippen molar-refractivity contribution < 1.29 is 0 Å². The summed E-state index contributed by atoms with van der Waals surface area (Å²) in [7, 11) is 0. The van der Waals surface area contributed by atoms with E-state index in [1.165, 1.54) is 0 Å². The maximum Gasteiger partial charge on any atom is 0.147 e. The Kier molecular flexibility index (Phi) is 4.66. The van der Waals surface area contributed by atoms with E-state index in [4.69, 9.17) is 4.98 Å². The predicted molar refractivity (Wildman–Crippen MR) is 129 cm³/mol. The van der Waals surface area contributed by atoms with Gasteiger partial charge in [-0.15, -0.1) is 0 Å². The Morgan fingerprint density at radius 3 is 2.50 bits per heavy atom. The van der Waals surface area contributed by atoms with Gasteiger partial charge in [0, 0.05) is 43.4 Å². The molecule has 1 aliphatic rings. The van der Waals surface area contributed by atoms with Crippen molar-refractivity contribution in [2.75, 3.05) is 36.4 Å². The number of nitrogens with zero attached hydrogens (tertiary/aromatic N) is 5. The van der Waals surface area contributed by atoms with E-state index in [0.717, 1.165) is 71.1 Å². The number of hydrogen-bond donors (Lipinski definition) is 2. The summed E-state index contributed by atoms with van der Waals surface area (Å²) < 4.78 is 2.16. The molecule has 7 heteroatoms. The van der Waals surface area contributed by atoms with Crippen molar-refractivity contribution in [3.05, 3.63) is 79.3 Å². The van der Waals surface area contributed by atoms with Crippen molar-refractivity contribution in [1.82, 2.24) is 24.8 Å². The third kappa shape index (κ3) is 3.33. The van der Waals surface area contributed by atoms with Crippen molar-refractivity contribution in [2.45, 2.75) is 0 Å². The van der Waals surface area contributed by atoms with Crippen molar-refractivity contribution in [1.29, 1.82) is 0 Å². The molecule has 0 aliphatic carbocycles. The molecule has 0 unspecified atom stereocenters. The van der Waals surface area contributed by atoms with E-state index in [1.54, 1.807) is 0 Å². The van der Waals surface area contributed by atoms with E-state index in [9.17, 15) is 0 Å². The van der Waals surface area contributed by atoms with Gasteiger partial charge in [0.15, 0.2) is 0 Å². The molecule has 158 valence electrons. The molecule has 7 nitrogen and oxygen atoms in total. The maximum atomic E-state index is 4.78. The number of rotatable bonds is 4. The highest BCUT2D eigenvalue weighted by Gasteiger charge is 2.15. The topological polar surface area (TPSA) is 70.9 Å². The van der Waals surface area contributed by atoms with E-state index in [-0.39, 0.29) is 0 Å². The van der Waals surface area contributed by atoms with Crippen LogP contribution < -0.4 is 15.5 Å². The average molecular weight is 422 g/mol. The maximum absolute atomic E-state index is 4.78. The largest absolute Gasteiger partial charge is 0.368 e. The molecule has 4 aromatic heterocycles. The lowest BCUT2D eigenvalue weighted by molar-refractivity contribution is 0.589. The van der Waals surface area contributed by atoms with Gasteiger partial charge >= 0.3 is 0 Å². The van der Waals surface area contributed by atoms with Crippen molar-refractivity contribution >= 4 is 39.3 Å². The minimum atomic E-state index is 0.797. The molecule has 1 aliphatic heterocycles. The summed E-state index contributed by atoms with van der Waals surface area (Å²) in [5.74, 6) is 0.797. The Bertz CT molecular complexity index is 1370. The average Bonchev–Trinajstić information content (AvgIpc) is 3.19. The van der Waals surface area contributed by atoms with Gasteiger partial charge in [0.05, 0.1) is 34.8 Å². The first-order valence-corrected chi connectivity index (χ1v) is 10.9. The van der Waals surface area contributed by atoms with Crippen LogP contribution in [0.2, 0.25) is 0 Å². The normalized spacial score (nSPS) is 14.2. The standard InChI is InChI=1S/C25H23N7/c1-2-5-19(6-3-1)32-22-15-18(16-29-24(22)21-7-4-10-27-25(21)32)30-23-9-8-20(17-28-23)31-13-11-26-12-14-31/h1-10,15-17,26H,11-14H2,(H,28,30). The third-order valence-corrected chi connectivity index (χ3v) is 5.88. The van der Waals surface area contributed by atoms with Crippen LogP contribution >= 0.6 is 0 Å². The molecule has 5 aromatic rings. The second-order valence-electron chi connectivity index (χ2n) is 7.90. The molecule has 0 radical (unpaired) electrons. The zero-order valence-electron chi connectivity index (χ0n) is 17.6. The molecule has 5 heterocycles. The van der Waals surface area contributed by atoms with Crippen LogP contribution in [0.5, 0.6) is 0 Å². The smallest absolute Gasteiger partial charge is 0.147 e. The first kappa shape index (κ1) is 18.8. The van der Waals surface area contributed by atoms with E-state index in [2.05, 4.69) is 60.4 Å². The molecule has 6 rings (SSSR count). The van der Waals surface area contributed by atoms with Gasteiger partial charge in [-0.1, -0.05) is 18.2 Å². The van der Waals surface area contributed by atoms with Crippen LogP contribution in [-0.2, 0) is 0 Å². The lowest BCUT2D eigenvalue weighted by Gasteiger charge is -2.29. The molecule has 0 saturated carbocycles. The summed E-state index contributed by atoms with van der Waals surface area (Å²) in [6.07, 6.45) is 5.62. The van der Waals surface area contributed by atoms with Gasteiger partial charge in [0.25, 0.3) is 0 Å². The number of fused-ring (bicyclic) bond motifs is 3. The van der Waals surface area contributed by atoms with Crippen LogP contribution in [0.25, 0.3) is 27.8 Å². The highest BCUT2D eigenvalue weighted by molar-refractivity contribution is 6.06. The van der Waals surface area contributed by atoms with Gasteiger partial charge in [-0.3, -0.25) is 9.55 Å². The van der Waals surface area contributed by atoms with Gasteiger partial charge in [0.2, 0.25) is 0 Å². The predicted octanol–water partition coefficient (Wildman–Crippen LogP) is 4.12. The van der Waals surface area contributed by atoms with Gasteiger partial charge in [-0.2, -0.15) is 0 Å². The second-order valence-corrected chi connectivity index (χ2v) is 7.90. The molecule has 1 aromatic carbocycles. The summed E-state index contributed by atoms with van der Waals surface area (Å²) in [6, 6.07) is 20.6. The summed E-state index contributed by atoms with van der Waals surface area (Å²) >= 11 is 0. The summed E-state index contributed by atoms with van der Waals surface area (Å²) in [4.78, 5) is 16.4. The molecular formula is C25H23N7. The van der Waals surface area contributed by atoms with Crippen LogP contribution in [0, 0.1) is 0 Å². The van der Waals surface area contributed by atoms with E-state index in [1.807, 2.05) is 48.9 Å². The number of pyridine rings is 3. The van der Waals surface area contributed by atoms with E-state index < -0.39 is 0 Å². The van der Waals surface area contributed by atoms with Crippen molar-refractivity contribution in [3.63, 3.8) is 0 Å². The molecule has 32 heavy (non-hydrogen) atoms. The minimum absolute atomic E-state index is 0.797. The van der Waals surface area contributed by atoms with E-state index >= 15 is 0 Å². The molecule has 0 atom stereocenters. The van der Waals surface area contributed by atoms with Gasteiger partial charge in [0.1, 0.15) is 11.5 Å². The fourth-order valence-corrected chi connectivity index (χ4v) is 4.33. The van der Waals surface area contributed by atoms with Gasteiger partial charge < -0.3 is 15.5 Å². The monoisotopic (exact) mass is 421 g/mol. The Morgan fingerprint density at radius 1 is 0.812 bits per heavy atom. The quantitative estimate of drug-likeness (QED) is 0.455. The number of anilines is 3. The first-order valence-electron chi connectivity index (χ1n) is 10.9.